The smallest absolute Gasteiger partial charge is 0.261 e. The summed E-state index contributed by atoms with van der Waals surface area (Å²) in [5, 5.41) is 6.87. The molecule has 4 heterocycles. The van der Waals surface area contributed by atoms with E-state index in [9.17, 15) is 4.79 Å². The molecule has 0 aliphatic carbocycles. The van der Waals surface area contributed by atoms with Gasteiger partial charge in [-0.1, -0.05) is 5.16 Å². The first-order valence-electron chi connectivity index (χ1n) is 8.04. The van der Waals surface area contributed by atoms with Crippen LogP contribution in [0, 0.1) is 6.92 Å². The second kappa shape index (κ2) is 6.39. The van der Waals surface area contributed by atoms with Crippen molar-refractivity contribution < 1.29 is 13.7 Å². The molecule has 128 valence electrons. The Bertz CT molecular complexity index is 874. The normalized spacial score (nSPS) is 17.0. The van der Waals surface area contributed by atoms with Crippen molar-refractivity contribution in [2.75, 3.05) is 18.0 Å². The number of hydrogen-bond acceptors (Lipinski definition) is 7. The summed E-state index contributed by atoms with van der Waals surface area (Å²) in [4.78, 5) is 23.0. The molecule has 8 heteroatoms. The maximum Gasteiger partial charge on any atom is 0.261 e. The van der Waals surface area contributed by atoms with Crippen LogP contribution >= 0.6 is 0 Å². The molecule has 25 heavy (non-hydrogen) atoms. The predicted octanol–water partition coefficient (Wildman–Crippen LogP) is 2.04. The molecule has 3 aromatic heterocycles. The van der Waals surface area contributed by atoms with Gasteiger partial charge >= 0.3 is 0 Å². The lowest BCUT2D eigenvalue weighted by atomic mass is 10.2. The number of anilines is 1. The average Bonchev–Trinajstić information content (AvgIpc) is 3.36. The molecule has 1 saturated heterocycles. The van der Waals surface area contributed by atoms with Gasteiger partial charge in [-0.3, -0.25) is 4.79 Å². The summed E-state index contributed by atoms with van der Waals surface area (Å²) in [6.45, 7) is 3.23. The van der Waals surface area contributed by atoms with E-state index in [1.807, 2.05) is 12.1 Å². The number of hydrogen-bond donors (Lipinski definition) is 1. The fourth-order valence-corrected chi connectivity index (χ4v) is 2.96. The minimum absolute atomic E-state index is 0.0432. The van der Waals surface area contributed by atoms with Crippen molar-refractivity contribution >= 4 is 11.7 Å². The fourth-order valence-electron chi connectivity index (χ4n) is 2.96. The minimum atomic E-state index is -0.130. The van der Waals surface area contributed by atoms with Crippen LogP contribution in [0.2, 0.25) is 0 Å². The lowest BCUT2D eigenvalue weighted by molar-refractivity contribution is 0.0939. The minimum Gasteiger partial charge on any atom is -0.472 e. The molecule has 0 unspecified atom stereocenters. The summed E-state index contributed by atoms with van der Waals surface area (Å²) < 4.78 is 10.2. The summed E-state index contributed by atoms with van der Waals surface area (Å²) >= 11 is 0. The zero-order valence-electron chi connectivity index (χ0n) is 13.7. The van der Waals surface area contributed by atoms with E-state index in [1.54, 1.807) is 19.2 Å². The standard InChI is InChI=1S/C17H17N5O3/c1-11-19-17(25-21-11)14-3-2-6-18-15(14)22-7-4-13(9-22)20-16(23)12-5-8-24-10-12/h2-3,5-6,8,10,13H,4,7,9H2,1H3,(H,20,23)/t13-/m1/s1. The van der Waals surface area contributed by atoms with Crippen molar-refractivity contribution in [1.82, 2.24) is 20.4 Å². The second-order valence-electron chi connectivity index (χ2n) is 5.94. The molecule has 1 atom stereocenters. The number of furan rings is 1. The van der Waals surface area contributed by atoms with Crippen LogP contribution in [0.3, 0.4) is 0 Å². The van der Waals surface area contributed by atoms with Gasteiger partial charge in [0, 0.05) is 25.3 Å². The molecular formula is C17H17N5O3. The number of aryl methyl sites for hydroxylation is 1. The number of nitrogens with one attached hydrogen (secondary N) is 1. The Morgan fingerprint density at radius 2 is 2.32 bits per heavy atom. The summed E-state index contributed by atoms with van der Waals surface area (Å²) in [7, 11) is 0. The Balaban J connectivity index is 1.50. The van der Waals surface area contributed by atoms with Crippen LogP contribution < -0.4 is 10.2 Å². The lowest BCUT2D eigenvalue weighted by Crippen LogP contribution is -2.37. The molecule has 8 nitrogen and oxygen atoms in total. The van der Waals surface area contributed by atoms with Gasteiger partial charge in [0.2, 0.25) is 0 Å². The first kappa shape index (κ1) is 15.4. The quantitative estimate of drug-likeness (QED) is 0.777. The maximum absolute atomic E-state index is 12.2. The van der Waals surface area contributed by atoms with Gasteiger partial charge in [-0.25, -0.2) is 4.98 Å². The summed E-state index contributed by atoms with van der Waals surface area (Å²) in [6, 6.07) is 5.44. The maximum atomic E-state index is 12.2. The first-order chi connectivity index (χ1) is 12.2. The Labute approximate surface area is 143 Å². The Hall–Kier alpha value is -3.16. The van der Waals surface area contributed by atoms with Crippen LogP contribution in [0.15, 0.2) is 45.9 Å². The van der Waals surface area contributed by atoms with E-state index in [0.717, 1.165) is 24.3 Å². The van der Waals surface area contributed by atoms with Crippen LogP contribution in [0.5, 0.6) is 0 Å². The molecular weight excluding hydrogens is 322 g/mol. The van der Waals surface area contributed by atoms with E-state index in [2.05, 4.69) is 25.3 Å². The molecule has 1 fully saturated rings. The van der Waals surface area contributed by atoms with Crippen molar-refractivity contribution in [1.29, 1.82) is 0 Å². The highest BCUT2D eigenvalue weighted by atomic mass is 16.5. The number of carbonyl (C=O) groups excluding carboxylic acids is 1. The molecule has 0 aromatic carbocycles. The lowest BCUT2D eigenvalue weighted by Gasteiger charge is -2.19. The Kier molecular flexibility index (Phi) is 3.93. The van der Waals surface area contributed by atoms with Crippen molar-refractivity contribution in [3.05, 3.63) is 48.3 Å². The van der Waals surface area contributed by atoms with Crippen LogP contribution in [0.4, 0.5) is 5.82 Å². The molecule has 0 bridgehead atoms. The van der Waals surface area contributed by atoms with Gasteiger partial charge in [-0.15, -0.1) is 0 Å². The monoisotopic (exact) mass is 339 g/mol. The molecule has 0 radical (unpaired) electrons. The highest BCUT2D eigenvalue weighted by Gasteiger charge is 2.28. The van der Waals surface area contributed by atoms with Gasteiger partial charge in [-0.2, -0.15) is 4.98 Å². The average molecular weight is 339 g/mol. The van der Waals surface area contributed by atoms with E-state index in [-0.39, 0.29) is 11.9 Å². The van der Waals surface area contributed by atoms with Crippen molar-refractivity contribution in [2.45, 2.75) is 19.4 Å². The zero-order valence-corrected chi connectivity index (χ0v) is 13.7. The second-order valence-corrected chi connectivity index (χ2v) is 5.94. The van der Waals surface area contributed by atoms with Gasteiger partial charge < -0.3 is 19.2 Å². The molecule has 1 aliphatic heterocycles. The van der Waals surface area contributed by atoms with Gasteiger partial charge in [0.25, 0.3) is 11.8 Å². The topological polar surface area (TPSA) is 97.3 Å². The van der Waals surface area contributed by atoms with Crippen LogP contribution in [-0.2, 0) is 0 Å². The van der Waals surface area contributed by atoms with E-state index >= 15 is 0 Å². The molecule has 1 aliphatic rings. The summed E-state index contributed by atoms with van der Waals surface area (Å²) in [5.41, 5.74) is 1.32. The summed E-state index contributed by atoms with van der Waals surface area (Å²) in [6.07, 6.45) is 5.50. The molecule has 1 amide bonds. The number of nitrogens with zero attached hydrogens (tertiary/aromatic N) is 4. The van der Waals surface area contributed by atoms with Gasteiger partial charge in [0.15, 0.2) is 5.82 Å². The highest BCUT2D eigenvalue weighted by molar-refractivity contribution is 5.94. The van der Waals surface area contributed by atoms with E-state index in [4.69, 9.17) is 8.94 Å². The Morgan fingerprint density at radius 1 is 1.40 bits per heavy atom. The van der Waals surface area contributed by atoms with Gasteiger partial charge in [-0.05, 0) is 31.5 Å². The van der Waals surface area contributed by atoms with Crippen molar-refractivity contribution in [2.24, 2.45) is 0 Å². The zero-order chi connectivity index (χ0) is 17.2. The van der Waals surface area contributed by atoms with Crippen molar-refractivity contribution in [3.63, 3.8) is 0 Å². The number of aromatic nitrogens is 3. The van der Waals surface area contributed by atoms with Crippen LogP contribution in [-0.4, -0.2) is 40.2 Å². The summed E-state index contributed by atoms with van der Waals surface area (Å²) in [5.74, 6) is 1.68. The number of rotatable bonds is 4. The Morgan fingerprint density at radius 3 is 3.08 bits per heavy atom. The predicted molar refractivity (Wildman–Crippen MR) is 89.1 cm³/mol. The molecule has 4 rings (SSSR count). The number of amides is 1. The molecule has 0 saturated carbocycles. The number of carbonyl (C=O) groups is 1. The van der Waals surface area contributed by atoms with Crippen LogP contribution in [0.25, 0.3) is 11.5 Å². The van der Waals surface area contributed by atoms with E-state index in [1.165, 1.54) is 12.5 Å². The third kappa shape index (κ3) is 3.10. The van der Waals surface area contributed by atoms with Gasteiger partial charge in [0.1, 0.15) is 12.1 Å². The first-order valence-corrected chi connectivity index (χ1v) is 8.04. The molecule has 3 aromatic rings. The number of pyridine rings is 1. The van der Waals surface area contributed by atoms with Gasteiger partial charge in [0.05, 0.1) is 17.4 Å². The van der Waals surface area contributed by atoms with Crippen LogP contribution in [0.1, 0.15) is 22.6 Å². The largest absolute Gasteiger partial charge is 0.472 e. The van der Waals surface area contributed by atoms with E-state index < -0.39 is 0 Å². The highest BCUT2D eigenvalue weighted by Crippen LogP contribution is 2.29. The third-order valence-electron chi connectivity index (χ3n) is 4.15. The fraction of sp³-hybridized carbons (Fsp3) is 0.294. The molecule has 1 N–H and O–H groups in total. The molecule has 0 spiro atoms. The van der Waals surface area contributed by atoms with E-state index in [0.29, 0.717) is 23.8 Å². The third-order valence-corrected chi connectivity index (χ3v) is 4.15. The van der Waals surface area contributed by atoms with Crippen molar-refractivity contribution in [3.8, 4) is 11.5 Å². The SMILES string of the molecule is Cc1noc(-c2cccnc2N2CC[C@@H](NC(=O)c3ccoc3)C2)n1.